The summed E-state index contributed by atoms with van der Waals surface area (Å²) in [6.45, 7) is 0. The Labute approximate surface area is 239 Å². The third kappa shape index (κ3) is 5.76. The number of aliphatic hydroxyl groups is 1. The van der Waals surface area contributed by atoms with E-state index in [2.05, 4.69) is 25.6 Å². The molecule has 0 saturated carbocycles. The highest BCUT2D eigenvalue weighted by molar-refractivity contribution is 6.06. The van der Waals surface area contributed by atoms with Crippen molar-refractivity contribution < 1.29 is 33.7 Å². The number of aliphatic hydroxyl groups excluding tert-OH is 1. The molecule has 2 amide bonds. The minimum absolute atomic E-state index is 0.138. The number of esters is 1. The molecule has 0 unspecified atom stereocenters. The molecule has 1 fully saturated rings. The second-order valence-electron chi connectivity index (χ2n) is 9.52. The maximum absolute atomic E-state index is 13.0. The zero-order valence-corrected chi connectivity index (χ0v) is 22.7. The van der Waals surface area contributed by atoms with Gasteiger partial charge in [-0.2, -0.15) is 0 Å². The predicted octanol–water partition coefficient (Wildman–Crippen LogP) is 0.573. The number of aromatic nitrogens is 4. The van der Waals surface area contributed by atoms with E-state index < -0.39 is 48.3 Å². The van der Waals surface area contributed by atoms with Gasteiger partial charge in [0.1, 0.15) is 18.2 Å². The maximum Gasteiger partial charge on any atom is 0.337 e. The van der Waals surface area contributed by atoms with Crippen molar-refractivity contribution in [1.82, 2.24) is 24.8 Å². The van der Waals surface area contributed by atoms with Gasteiger partial charge in [0, 0.05) is 5.56 Å². The van der Waals surface area contributed by atoms with Gasteiger partial charge in [-0.05, 0) is 36.2 Å². The first kappa shape index (κ1) is 28.6. The minimum atomic E-state index is -1.43. The Balaban J connectivity index is 1.35. The number of rotatable bonds is 9. The molecule has 5 N–H and O–H groups in total. The molecule has 5 atom stereocenters. The molecule has 42 heavy (non-hydrogen) atoms. The molecule has 1 aliphatic rings. The van der Waals surface area contributed by atoms with Crippen LogP contribution in [0.2, 0.25) is 0 Å². The van der Waals surface area contributed by atoms with Crippen LogP contribution in [-0.4, -0.2) is 80.9 Å². The summed E-state index contributed by atoms with van der Waals surface area (Å²) in [5.74, 6) is -1.00. The molecule has 0 spiro atoms. The van der Waals surface area contributed by atoms with Gasteiger partial charge in [-0.1, -0.05) is 30.3 Å². The number of imidazole rings is 1. The number of methoxy groups -OCH3 is 2. The number of carbonyl (C=O) groups excluding carboxylic acids is 3. The fraction of sp³-hybridized carbons (Fsp3) is 0.286. The Hall–Kier alpha value is -4.92. The lowest BCUT2D eigenvalue weighted by Crippen LogP contribution is -2.54. The zero-order chi connectivity index (χ0) is 29.8. The summed E-state index contributed by atoms with van der Waals surface area (Å²) in [5.41, 5.74) is 7.80. The van der Waals surface area contributed by atoms with Crippen LogP contribution in [0.5, 0.6) is 5.75 Å². The van der Waals surface area contributed by atoms with E-state index in [1.165, 1.54) is 24.3 Å². The number of benzene rings is 2. The fourth-order valence-electron chi connectivity index (χ4n) is 4.66. The van der Waals surface area contributed by atoms with Gasteiger partial charge >= 0.3 is 5.97 Å². The Morgan fingerprint density at radius 1 is 1.07 bits per heavy atom. The Morgan fingerprint density at radius 3 is 2.50 bits per heavy atom. The number of carbonyl (C=O) groups is 3. The summed E-state index contributed by atoms with van der Waals surface area (Å²) >= 11 is 0. The number of anilines is 1. The van der Waals surface area contributed by atoms with Crippen LogP contribution >= 0.6 is 0 Å². The van der Waals surface area contributed by atoms with Crippen LogP contribution in [0, 0.1) is 0 Å². The first-order chi connectivity index (χ1) is 20.3. The summed E-state index contributed by atoms with van der Waals surface area (Å²) < 4.78 is 17.3. The van der Waals surface area contributed by atoms with Crippen LogP contribution in [0.25, 0.3) is 11.2 Å². The van der Waals surface area contributed by atoms with Crippen molar-refractivity contribution in [2.24, 2.45) is 5.73 Å². The van der Waals surface area contributed by atoms with Crippen LogP contribution in [0.4, 0.5) is 5.82 Å². The maximum atomic E-state index is 13.0. The molecule has 1 aliphatic heterocycles. The van der Waals surface area contributed by atoms with Crippen molar-refractivity contribution >= 4 is 34.8 Å². The number of nitrogens with one attached hydrogen (secondary N) is 2. The molecule has 14 nitrogen and oxygen atoms in total. The highest BCUT2D eigenvalue weighted by Gasteiger charge is 2.50. The van der Waals surface area contributed by atoms with Gasteiger partial charge in [-0.3, -0.25) is 14.2 Å². The van der Waals surface area contributed by atoms with E-state index in [4.69, 9.17) is 19.9 Å². The Bertz CT molecular complexity index is 1580. The molecule has 2 aromatic carbocycles. The molecular weight excluding hydrogens is 546 g/mol. The van der Waals surface area contributed by atoms with Crippen molar-refractivity contribution in [1.29, 1.82) is 0 Å². The molecule has 0 bridgehead atoms. The molecule has 3 heterocycles. The Morgan fingerprint density at radius 2 is 1.81 bits per heavy atom. The highest BCUT2D eigenvalue weighted by Crippen LogP contribution is 2.33. The van der Waals surface area contributed by atoms with Crippen molar-refractivity contribution in [2.75, 3.05) is 19.5 Å². The van der Waals surface area contributed by atoms with Crippen LogP contribution in [0.1, 0.15) is 22.1 Å². The topological polar surface area (TPSA) is 193 Å². The van der Waals surface area contributed by atoms with Gasteiger partial charge in [0.25, 0.3) is 5.91 Å². The van der Waals surface area contributed by atoms with Crippen LogP contribution < -0.4 is 21.1 Å². The lowest BCUT2D eigenvalue weighted by atomic mass is 10.0. The SMILES string of the molecule is COC(=O)[C@H]1O[C@@H](n2cnc3c(NC(=O)c4ccccc4)ncnc32)[C@H](O)[C@@H]1NC(=O)[C@@H](N)Cc1ccc(OC)cc1. The second kappa shape index (κ2) is 12.3. The van der Waals surface area contributed by atoms with Crippen LogP contribution in [-0.2, 0) is 25.5 Å². The first-order valence-corrected chi connectivity index (χ1v) is 12.9. The number of fused-ring (bicyclic) bond motifs is 1. The van der Waals surface area contributed by atoms with E-state index in [0.29, 0.717) is 11.3 Å². The molecular formula is C28H29N7O7. The quantitative estimate of drug-likeness (QED) is 0.204. The zero-order valence-electron chi connectivity index (χ0n) is 22.7. The monoisotopic (exact) mass is 575 g/mol. The number of ether oxygens (including phenoxy) is 3. The molecule has 4 aromatic rings. The third-order valence-electron chi connectivity index (χ3n) is 6.87. The summed E-state index contributed by atoms with van der Waals surface area (Å²) in [7, 11) is 2.72. The Kier molecular flexibility index (Phi) is 8.38. The van der Waals surface area contributed by atoms with Crippen molar-refractivity contribution in [2.45, 2.75) is 36.9 Å². The van der Waals surface area contributed by atoms with Gasteiger partial charge in [0.2, 0.25) is 5.91 Å². The van der Waals surface area contributed by atoms with E-state index in [9.17, 15) is 19.5 Å². The van der Waals surface area contributed by atoms with Gasteiger partial charge in [0.05, 0.1) is 32.6 Å². The molecule has 2 aromatic heterocycles. The van der Waals surface area contributed by atoms with Crippen LogP contribution in [0.15, 0.2) is 67.3 Å². The average Bonchev–Trinajstić information content (AvgIpc) is 3.59. The number of nitrogens with zero attached hydrogens (tertiary/aromatic N) is 4. The first-order valence-electron chi connectivity index (χ1n) is 12.9. The molecule has 218 valence electrons. The predicted molar refractivity (Wildman–Crippen MR) is 148 cm³/mol. The van der Waals surface area contributed by atoms with Crippen molar-refractivity contribution in [3.63, 3.8) is 0 Å². The lowest BCUT2D eigenvalue weighted by molar-refractivity contribution is -0.156. The third-order valence-corrected chi connectivity index (χ3v) is 6.87. The van der Waals surface area contributed by atoms with Crippen LogP contribution in [0.3, 0.4) is 0 Å². The van der Waals surface area contributed by atoms with E-state index in [-0.39, 0.29) is 23.4 Å². The molecule has 0 radical (unpaired) electrons. The lowest BCUT2D eigenvalue weighted by Gasteiger charge is -2.22. The van der Waals surface area contributed by atoms with Gasteiger partial charge < -0.3 is 35.7 Å². The summed E-state index contributed by atoms with van der Waals surface area (Å²) in [4.78, 5) is 51.0. The average molecular weight is 576 g/mol. The molecule has 5 rings (SSSR count). The van der Waals surface area contributed by atoms with Crippen molar-refractivity contribution in [3.8, 4) is 5.75 Å². The summed E-state index contributed by atoms with van der Waals surface area (Å²) in [6, 6.07) is 13.5. The summed E-state index contributed by atoms with van der Waals surface area (Å²) in [6.07, 6.45) is -1.23. The number of amides is 2. The number of nitrogens with two attached hydrogens (primary N) is 1. The smallest absolute Gasteiger partial charge is 0.337 e. The molecule has 14 heteroatoms. The minimum Gasteiger partial charge on any atom is -0.497 e. The largest absolute Gasteiger partial charge is 0.497 e. The second-order valence-corrected chi connectivity index (χ2v) is 9.52. The highest BCUT2D eigenvalue weighted by atomic mass is 16.6. The number of hydrogen-bond donors (Lipinski definition) is 4. The standard InChI is InChI=1S/C28H29N7O7/c1-40-17-10-8-15(9-11-17)12-18(29)26(38)33-19-21(36)27(42-22(19)28(39)41-2)35-14-32-20-23(30-13-31-24(20)35)34-25(37)16-6-4-3-5-7-16/h3-11,13-14,18-19,21-22,27,36H,12,29H2,1-2H3,(H,33,38)(H,30,31,34,37)/t18-,19-,21+,22-,27+/m0/s1. The van der Waals surface area contributed by atoms with E-state index in [1.54, 1.807) is 61.7 Å². The van der Waals surface area contributed by atoms with Gasteiger partial charge in [-0.15, -0.1) is 0 Å². The number of hydrogen-bond acceptors (Lipinski definition) is 11. The van der Waals surface area contributed by atoms with Gasteiger partial charge in [-0.25, -0.2) is 19.7 Å². The summed E-state index contributed by atoms with van der Waals surface area (Å²) in [5, 5.41) is 16.6. The molecule has 1 saturated heterocycles. The molecule has 0 aliphatic carbocycles. The van der Waals surface area contributed by atoms with E-state index in [0.717, 1.165) is 5.56 Å². The van der Waals surface area contributed by atoms with E-state index >= 15 is 0 Å². The van der Waals surface area contributed by atoms with Gasteiger partial charge in [0.15, 0.2) is 29.3 Å². The van der Waals surface area contributed by atoms with E-state index in [1.807, 2.05) is 0 Å². The fourth-order valence-corrected chi connectivity index (χ4v) is 4.66. The van der Waals surface area contributed by atoms with Crippen molar-refractivity contribution in [3.05, 3.63) is 78.4 Å². The normalized spacial score (nSPS) is 20.6.